The molecule has 2 heterocycles. The van der Waals surface area contributed by atoms with E-state index in [1.807, 2.05) is 30.3 Å². The van der Waals surface area contributed by atoms with Crippen molar-refractivity contribution in [1.29, 1.82) is 0 Å². The number of halogens is 2. The Morgan fingerprint density at radius 1 is 1.03 bits per heavy atom. The summed E-state index contributed by atoms with van der Waals surface area (Å²) in [5.74, 6) is -0.877. The first-order chi connectivity index (χ1) is 14.6. The molecular formula is C23H23F2N3OS. The molecule has 30 heavy (non-hydrogen) atoms. The lowest BCUT2D eigenvalue weighted by molar-refractivity contribution is 0.102. The summed E-state index contributed by atoms with van der Waals surface area (Å²) in [6, 6.07) is 12.4. The smallest absolute Gasteiger partial charge is 0.257 e. The second-order valence-corrected chi connectivity index (χ2v) is 8.51. The van der Waals surface area contributed by atoms with Gasteiger partial charge < -0.3 is 10.2 Å². The van der Waals surface area contributed by atoms with E-state index in [1.54, 1.807) is 11.8 Å². The van der Waals surface area contributed by atoms with Gasteiger partial charge >= 0.3 is 0 Å². The number of benzene rings is 2. The number of nitrogens with one attached hydrogen (secondary N) is 1. The second kappa shape index (κ2) is 9.53. The summed E-state index contributed by atoms with van der Waals surface area (Å²) >= 11 is 1.65. The molecule has 1 saturated heterocycles. The van der Waals surface area contributed by atoms with Crippen LogP contribution in [0.15, 0.2) is 53.6 Å². The second-order valence-electron chi connectivity index (χ2n) is 7.39. The maximum atomic E-state index is 13.5. The number of carbonyl (C=O) groups excluding carboxylic acids is 1. The third kappa shape index (κ3) is 5.15. The van der Waals surface area contributed by atoms with Gasteiger partial charge in [-0.05, 0) is 49.5 Å². The molecule has 0 spiro atoms. The number of aromatic nitrogens is 1. The van der Waals surface area contributed by atoms with Gasteiger partial charge in [-0.3, -0.25) is 4.79 Å². The van der Waals surface area contributed by atoms with Crippen LogP contribution in [0.3, 0.4) is 0 Å². The molecule has 0 radical (unpaired) electrons. The highest BCUT2D eigenvalue weighted by Crippen LogP contribution is 2.28. The lowest BCUT2D eigenvalue weighted by Crippen LogP contribution is -2.31. The van der Waals surface area contributed by atoms with Crippen molar-refractivity contribution in [2.24, 2.45) is 0 Å². The predicted molar refractivity (Wildman–Crippen MR) is 117 cm³/mol. The zero-order valence-electron chi connectivity index (χ0n) is 16.5. The van der Waals surface area contributed by atoms with E-state index in [4.69, 9.17) is 0 Å². The van der Waals surface area contributed by atoms with Gasteiger partial charge in [0.1, 0.15) is 17.5 Å². The first kappa shape index (κ1) is 20.8. The number of likely N-dealkylation sites (tertiary alicyclic amines) is 1. The number of hydrogen-bond donors (Lipinski definition) is 1. The third-order valence-electron chi connectivity index (χ3n) is 5.18. The Labute approximate surface area is 178 Å². The van der Waals surface area contributed by atoms with Gasteiger partial charge in [0, 0.05) is 29.3 Å². The molecule has 1 aliphatic heterocycles. The van der Waals surface area contributed by atoms with Gasteiger partial charge in [0.2, 0.25) is 0 Å². The van der Waals surface area contributed by atoms with E-state index in [1.165, 1.54) is 19.3 Å². The maximum absolute atomic E-state index is 13.5. The fraction of sp³-hybridized carbons (Fsp3) is 0.304. The van der Waals surface area contributed by atoms with E-state index in [9.17, 15) is 13.6 Å². The Kier molecular flexibility index (Phi) is 6.59. The van der Waals surface area contributed by atoms with E-state index >= 15 is 0 Å². The standard InChI is InChI=1S/C23H23F2N3OS/c24-18-12-17(13-19(25)15-18)23(29)27-22-20-7-3-2-6-16(20)14-21(26-22)30-11-10-28-8-4-1-5-9-28/h2-3,6-7,12-15H,1,4-5,8-11H2,(H,26,27,29). The van der Waals surface area contributed by atoms with Crippen LogP contribution in [0.25, 0.3) is 10.8 Å². The maximum Gasteiger partial charge on any atom is 0.257 e. The molecule has 1 N–H and O–H groups in total. The van der Waals surface area contributed by atoms with Gasteiger partial charge in [-0.2, -0.15) is 0 Å². The molecule has 2 aromatic carbocycles. The molecule has 4 nitrogen and oxygen atoms in total. The molecule has 3 aromatic rings. The molecule has 1 fully saturated rings. The van der Waals surface area contributed by atoms with Crippen LogP contribution in [0.2, 0.25) is 0 Å². The number of fused-ring (bicyclic) bond motifs is 1. The van der Waals surface area contributed by atoms with Crippen LogP contribution in [-0.2, 0) is 0 Å². The van der Waals surface area contributed by atoms with Crippen molar-refractivity contribution in [3.05, 3.63) is 65.7 Å². The molecule has 0 atom stereocenters. The highest BCUT2D eigenvalue weighted by molar-refractivity contribution is 7.99. The topological polar surface area (TPSA) is 45.2 Å². The summed E-state index contributed by atoms with van der Waals surface area (Å²) in [7, 11) is 0. The minimum absolute atomic E-state index is 0.0819. The number of anilines is 1. The number of pyridine rings is 1. The van der Waals surface area contributed by atoms with Crippen LogP contribution < -0.4 is 5.32 Å². The molecular weight excluding hydrogens is 404 g/mol. The number of nitrogens with zero attached hydrogens (tertiary/aromatic N) is 2. The Hall–Kier alpha value is -2.51. The zero-order chi connectivity index (χ0) is 20.9. The number of carbonyl (C=O) groups is 1. The minimum Gasteiger partial charge on any atom is -0.306 e. The van der Waals surface area contributed by atoms with E-state index in [0.717, 1.165) is 59.4 Å². The summed E-state index contributed by atoms with van der Waals surface area (Å²) in [6.07, 6.45) is 3.83. The molecule has 0 unspecified atom stereocenters. The lowest BCUT2D eigenvalue weighted by Gasteiger charge is -2.26. The van der Waals surface area contributed by atoms with E-state index in [0.29, 0.717) is 5.82 Å². The fourth-order valence-corrected chi connectivity index (χ4v) is 4.60. The molecule has 1 amide bonds. The van der Waals surface area contributed by atoms with Gasteiger partial charge in [-0.1, -0.05) is 30.7 Å². The van der Waals surface area contributed by atoms with Crippen molar-refractivity contribution >= 4 is 34.3 Å². The van der Waals surface area contributed by atoms with E-state index in [-0.39, 0.29) is 5.56 Å². The van der Waals surface area contributed by atoms with Crippen molar-refractivity contribution in [2.45, 2.75) is 24.3 Å². The number of hydrogen-bond acceptors (Lipinski definition) is 4. The van der Waals surface area contributed by atoms with Crippen LogP contribution in [0.5, 0.6) is 0 Å². The first-order valence-electron chi connectivity index (χ1n) is 10.1. The summed E-state index contributed by atoms with van der Waals surface area (Å²) in [5.41, 5.74) is -0.0819. The molecule has 1 aliphatic rings. The average Bonchev–Trinajstić information content (AvgIpc) is 2.74. The van der Waals surface area contributed by atoms with Crippen molar-refractivity contribution in [3.63, 3.8) is 0 Å². The molecule has 1 aromatic heterocycles. The number of amides is 1. The minimum atomic E-state index is -0.792. The number of rotatable bonds is 6. The largest absolute Gasteiger partial charge is 0.306 e. The summed E-state index contributed by atoms with van der Waals surface area (Å²) in [6.45, 7) is 3.30. The molecule has 156 valence electrons. The molecule has 0 aliphatic carbocycles. The van der Waals surface area contributed by atoms with Gasteiger partial charge in [-0.25, -0.2) is 13.8 Å². The van der Waals surface area contributed by atoms with Gasteiger partial charge in [0.05, 0.1) is 5.03 Å². The lowest BCUT2D eigenvalue weighted by atomic mass is 10.1. The monoisotopic (exact) mass is 427 g/mol. The van der Waals surface area contributed by atoms with Crippen molar-refractivity contribution < 1.29 is 13.6 Å². The summed E-state index contributed by atoms with van der Waals surface area (Å²) in [5, 5.41) is 5.27. The quantitative estimate of drug-likeness (QED) is 0.539. The first-order valence-corrected chi connectivity index (χ1v) is 11.1. The third-order valence-corrected chi connectivity index (χ3v) is 6.07. The predicted octanol–water partition coefficient (Wildman–Crippen LogP) is 5.34. The Morgan fingerprint density at radius 2 is 1.77 bits per heavy atom. The van der Waals surface area contributed by atoms with Gasteiger partial charge in [0.25, 0.3) is 5.91 Å². The Balaban J connectivity index is 1.53. The number of thioether (sulfide) groups is 1. The van der Waals surface area contributed by atoms with E-state index < -0.39 is 17.5 Å². The van der Waals surface area contributed by atoms with Crippen molar-refractivity contribution in [1.82, 2.24) is 9.88 Å². The van der Waals surface area contributed by atoms with Crippen LogP contribution in [0.1, 0.15) is 29.6 Å². The summed E-state index contributed by atoms with van der Waals surface area (Å²) < 4.78 is 27.0. The van der Waals surface area contributed by atoms with Crippen LogP contribution in [0, 0.1) is 11.6 Å². The van der Waals surface area contributed by atoms with Crippen LogP contribution >= 0.6 is 11.8 Å². The number of piperidine rings is 1. The average molecular weight is 428 g/mol. The van der Waals surface area contributed by atoms with E-state index in [2.05, 4.69) is 15.2 Å². The summed E-state index contributed by atoms with van der Waals surface area (Å²) in [4.78, 5) is 19.7. The highest BCUT2D eigenvalue weighted by Gasteiger charge is 2.14. The normalized spacial score (nSPS) is 14.7. The fourth-order valence-electron chi connectivity index (χ4n) is 3.67. The zero-order valence-corrected chi connectivity index (χ0v) is 17.4. The highest BCUT2D eigenvalue weighted by atomic mass is 32.2. The molecule has 0 saturated carbocycles. The van der Waals surface area contributed by atoms with Gasteiger partial charge in [-0.15, -0.1) is 11.8 Å². The Bertz CT molecular complexity index is 1030. The van der Waals surface area contributed by atoms with Crippen LogP contribution in [-0.4, -0.2) is 41.2 Å². The SMILES string of the molecule is O=C(Nc1nc(SCCN2CCCCC2)cc2ccccc12)c1cc(F)cc(F)c1. The van der Waals surface area contributed by atoms with Gasteiger partial charge in [0.15, 0.2) is 0 Å². The molecule has 7 heteroatoms. The van der Waals surface area contributed by atoms with Crippen LogP contribution in [0.4, 0.5) is 14.6 Å². The van der Waals surface area contributed by atoms with Crippen molar-refractivity contribution in [3.8, 4) is 0 Å². The Morgan fingerprint density at radius 3 is 2.53 bits per heavy atom. The molecule has 4 rings (SSSR count). The van der Waals surface area contributed by atoms with Crippen molar-refractivity contribution in [2.75, 3.05) is 30.7 Å². The molecule has 0 bridgehead atoms.